The summed E-state index contributed by atoms with van der Waals surface area (Å²) in [4.78, 5) is 0. The number of hydrogen-bond acceptors (Lipinski definition) is 3. The molecule has 1 aromatic heterocycles. The molecule has 0 aliphatic rings. The monoisotopic (exact) mass is 212 g/mol. The van der Waals surface area contributed by atoms with Gasteiger partial charge in [-0.2, -0.15) is 5.10 Å². The van der Waals surface area contributed by atoms with Gasteiger partial charge in [0.2, 0.25) is 0 Å². The Morgan fingerprint density at radius 1 is 1.47 bits per heavy atom. The molecule has 0 aliphatic heterocycles. The Kier molecular flexibility index (Phi) is 4.15. The number of hydrogen-bond donors (Lipinski definition) is 1. The number of aromatic nitrogens is 2. The highest BCUT2D eigenvalue weighted by atomic mass is 16.5. The summed E-state index contributed by atoms with van der Waals surface area (Å²) < 4.78 is 6.82. The first-order valence-electron chi connectivity index (χ1n) is 5.30. The molecule has 4 heteroatoms. The van der Waals surface area contributed by atoms with Crippen LogP contribution in [0.2, 0.25) is 0 Å². The van der Waals surface area contributed by atoms with Gasteiger partial charge in [-0.3, -0.25) is 4.68 Å². The molecule has 0 bridgehead atoms. The molecule has 15 heavy (non-hydrogen) atoms. The van der Waals surface area contributed by atoms with Crippen molar-refractivity contribution in [1.82, 2.24) is 9.78 Å². The van der Waals surface area contributed by atoms with Crippen LogP contribution in [-0.4, -0.2) is 22.0 Å². The third kappa shape index (κ3) is 2.96. The van der Waals surface area contributed by atoms with E-state index in [0.29, 0.717) is 11.7 Å². The van der Waals surface area contributed by atoms with E-state index in [2.05, 4.69) is 18.9 Å². The third-order valence-corrected chi connectivity index (χ3v) is 2.50. The van der Waals surface area contributed by atoms with E-state index in [-0.39, 0.29) is 0 Å². The molecule has 86 valence electrons. The van der Waals surface area contributed by atoms with Crippen LogP contribution in [-0.2, 0) is 7.05 Å². The Bertz CT molecular complexity index is 308. The molecule has 1 N–H and O–H groups in total. The van der Waals surface area contributed by atoms with Gasteiger partial charge in [0, 0.05) is 7.05 Å². The highest BCUT2D eigenvalue weighted by Gasteiger charge is 2.18. The predicted octanol–water partition coefficient (Wildman–Crippen LogP) is 1.90. The molecule has 1 aromatic rings. The quantitative estimate of drug-likeness (QED) is 0.811. The van der Waals surface area contributed by atoms with Crippen LogP contribution in [0.4, 0.5) is 0 Å². The van der Waals surface area contributed by atoms with Crippen molar-refractivity contribution in [3.8, 4) is 5.75 Å². The van der Waals surface area contributed by atoms with Crippen molar-refractivity contribution < 1.29 is 9.84 Å². The maximum Gasteiger partial charge on any atom is 0.162 e. The Morgan fingerprint density at radius 2 is 2.13 bits per heavy atom. The fourth-order valence-electron chi connectivity index (χ4n) is 1.59. The SMILES string of the molecule is COc1cnn(C)c1C(O)CCC(C)C. The first-order chi connectivity index (χ1) is 7.06. The van der Waals surface area contributed by atoms with Gasteiger partial charge in [0.05, 0.1) is 19.4 Å². The fourth-order valence-corrected chi connectivity index (χ4v) is 1.59. The van der Waals surface area contributed by atoms with Gasteiger partial charge in [-0.05, 0) is 18.8 Å². The second-order valence-corrected chi connectivity index (χ2v) is 4.21. The Morgan fingerprint density at radius 3 is 2.67 bits per heavy atom. The molecule has 1 unspecified atom stereocenters. The van der Waals surface area contributed by atoms with Gasteiger partial charge in [0.25, 0.3) is 0 Å². The molecule has 0 amide bonds. The number of aliphatic hydroxyl groups excluding tert-OH is 1. The van der Waals surface area contributed by atoms with Crippen LogP contribution < -0.4 is 4.74 Å². The molecule has 4 nitrogen and oxygen atoms in total. The van der Waals surface area contributed by atoms with Gasteiger partial charge < -0.3 is 9.84 Å². The zero-order valence-electron chi connectivity index (χ0n) is 9.90. The van der Waals surface area contributed by atoms with Crippen LogP contribution >= 0.6 is 0 Å². The molecule has 0 saturated carbocycles. The summed E-state index contributed by atoms with van der Waals surface area (Å²) in [6.45, 7) is 4.29. The van der Waals surface area contributed by atoms with Gasteiger partial charge in [-0.15, -0.1) is 0 Å². The van der Waals surface area contributed by atoms with Crippen molar-refractivity contribution in [2.75, 3.05) is 7.11 Å². The standard InChI is InChI=1S/C11H20N2O2/c1-8(2)5-6-9(14)11-10(15-4)7-12-13(11)3/h7-9,14H,5-6H2,1-4H3. The van der Waals surface area contributed by atoms with E-state index < -0.39 is 6.10 Å². The van der Waals surface area contributed by atoms with Crippen LogP contribution in [0.5, 0.6) is 5.75 Å². The van der Waals surface area contributed by atoms with Gasteiger partial charge in [0.1, 0.15) is 5.69 Å². The average molecular weight is 212 g/mol. The number of ether oxygens (including phenoxy) is 1. The summed E-state index contributed by atoms with van der Waals surface area (Å²) in [5, 5.41) is 14.1. The lowest BCUT2D eigenvalue weighted by molar-refractivity contribution is 0.146. The molecular formula is C11H20N2O2. The molecule has 0 saturated heterocycles. The molecule has 0 spiro atoms. The lowest BCUT2D eigenvalue weighted by atomic mass is 10.0. The highest BCUT2D eigenvalue weighted by Crippen LogP contribution is 2.28. The van der Waals surface area contributed by atoms with Crippen molar-refractivity contribution in [2.24, 2.45) is 13.0 Å². The minimum atomic E-state index is -0.491. The lowest BCUT2D eigenvalue weighted by Gasteiger charge is -2.13. The van der Waals surface area contributed by atoms with E-state index in [1.54, 1.807) is 18.0 Å². The summed E-state index contributed by atoms with van der Waals surface area (Å²) in [5.74, 6) is 1.26. The van der Waals surface area contributed by atoms with Crippen LogP contribution in [0.1, 0.15) is 38.5 Å². The highest BCUT2D eigenvalue weighted by molar-refractivity contribution is 5.26. The van der Waals surface area contributed by atoms with Gasteiger partial charge >= 0.3 is 0 Å². The lowest BCUT2D eigenvalue weighted by Crippen LogP contribution is -2.07. The molecule has 0 radical (unpaired) electrons. The molecule has 0 aliphatic carbocycles. The van der Waals surface area contributed by atoms with Gasteiger partial charge in [-0.1, -0.05) is 13.8 Å². The van der Waals surface area contributed by atoms with Gasteiger partial charge in [-0.25, -0.2) is 0 Å². The summed E-state index contributed by atoms with van der Waals surface area (Å²) in [6, 6.07) is 0. The van der Waals surface area contributed by atoms with Crippen LogP contribution in [0, 0.1) is 5.92 Å². The minimum Gasteiger partial charge on any atom is -0.493 e. The maximum absolute atomic E-state index is 10.0. The van der Waals surface area contributed by atoms with Crippen LogP contribution in [0.25, 0.3) is 0 Å². The molecule has 1 heterocycles. The summed E-state index contributed by atoms with van der Waals surface area (Å²) in [5.41, 5.74) is 0.762. The first-order valence-corrected chi connectivity index (χ1v) is 5.30. The molecule has 1 rings (SSSR count). The summed E-state index contributed by atoms with van der Waals surface area (Å²) in [6.07, 6.45) is 2.88. The molecular weight excluding hydrogens is 192 g/mol. The van der Waals surface area contributed by atoms with Crippen LogP contribution in [0.3, 0.4) is 0 Å². The topological polar surface area (TPSA) is 47.3 Å². The second kappa shape index (κ2) is 5.16. The largest absolute Gasteiger partial charge is 0.493 e. The Hall–Kier alpha value is -1.03. The van der Waals surface area contributed by atoms with E-state index in [1.165, 1.54) is 0 Å². The first kappa shape index (κ1) is 12.0. The zero-order valence-corrected chi connectivity index (χ0v) is 9.90. The van der Waals surface area contributed by atoms with E-state index >= 15 is 0 Å². The van der Waals surface area contributed by atoms with Crippen molar-refractivity contribution in [3.63, 3.8) is 0 Å². The van der Waals surface area contributed by atoms with Gasteiger partial charge in [0.15, 0.2) is 5.75 Å². The summed E-state index contributed by atoms with van der Waals surface area (Å²) >= 11 is 0. The zero-order chi connectivity index (χ0) is 11.4. The smallest absolute Gasteiger partial charge is 0.162 e. The molecule has 0 fully saturated rings. The summed E-state index contributed by atoms with van der Waals surface area (Å²) in [7, 11) is 3.41. The van der Waals surface area contributed by atoms with E-state index in [9.17, 15) is 5.11 Å². The Balaban J connectivity index is 2.71. The van der Waals surface area contributed by atoms with Crippen molar-refractivity contribution >= 4 is 0 Å². The number of aliphatic hydroxyl groups is 1. The predicted molar refractivity (Wildman–Crippen MR) is 58.8 cm³/mol. The normalized spacial score (nSPS) is 13.2. The fraction of sp³-hybridized carbons (Fsp3) is 0.727. The average Bonchev–Trinajstić information content (AvgIpc) is 2.56. The van der Waals surface area contributed by atoms with E-state index in [4.69, 9.17) is 4.74 Å². The number of aryl methyl sites for hydroxylation is 1. The third-order valence-electron chi connectivity index (χ3n) is 2.50. The van der Waals surface area contributed by atoms with Crippen LogP contribution in [0.15, 0.2) is 6.20 Å². The van der Waals surface area contributed by atoms with Crippen molar-refractivity contribution in [1.29, 1.82) is 0 Å². The van der Waals surface area contributed by atoms with E-state index in [0.717, 1.165) is 18.5 Å². The van der Waals surface area contributed by atoms with E-state index in [1.807, 2.05) is 7.05 Å². The number of methoxy groups -OCH3 is 1. The molecule has 1 atom stereocenters. The number of nitrogens with zero attached hydrogens (tertiary/aromatic N) is 2. The maximum atomic E-state index is 10.0. The molecule has 0 aromatic carbocycles. The van der Waals surface area contributed by atoms with Crippen molar-refractivity contribution in [2.45, 2.75) is 32.8 Å². The minimum absolute atomic E-state index is 0.491. The second-order valence-electron chi connectivity index (χ2n) is 4.21. The Labute approximate surface area is 90.9 Å². The number of rotatable bonds is 5. The van der Waals surface area contributed by atoms with Crippen molar-refractivity contribution in [3.05, 3.63) is 11.9 Å².